The van der Waals surface area contributed by atoms with Crippen LogP contribution in [0.3, 0.4) is 0 Å². The minimum absolute atomic E-state index is 0.274. The van der Waals surface area contributed by atoms with Crippen molar-refractivity contribution < 1.29 is 9.90 Å². The molecule has 0 spiro atoms. The molecule has 0 aromatic carbocycles. The molecule has 0 bridgehead atoms. The third-order valence-corrected chi connectivity index (χ3v) is 4.25. The summed E-state index contributed by atoms with van der Waals surface area (Å²) in [6.07, 6.45) is 1.29. The van der Waals surface area contributed by atoms with Crippen LogP contribution in [0.5, 0.6) is 0 Å². The topological polar surface area (TPSA) is 40.5 Å². The highest BCUT2D eigenvalue weighted by atomic mass is 32.1. The average Bonchev–Trinajstić information content (AvgIpc) is 2.84. The Labute approximate surface area is 99.7 Å². The Morgan fingerprint density at radius 1 is 1.69 bits per heavy atom. The number of aliphatic carboxylic acids is 1. The summed E-state index contributed by atoms with van der Waals surface area (Å²) in [5.74, 6) is -0.402. The summed E-state index contributed by atoms with van der Waals surface area (Å²) in [5, 5.41) is 11.0. The first-order valence-corrected chi connectivity index (χ1v) is 6.59. The molecule has 1 aromatic rings. The quantitative estimate of drug-likeness (QED) is 0.878. The van der Waals surface area contributed by atoms with Crippen molar-refractivity contribution in [3.63, 3.8) is 0 Å². The summed E-state index contributed by atoms with van der Waals surface area (Å²) in [5.41, 5.74) is 0. The van der Waals surface area contributed by atoms with E-state index in [2.05, 4.69) is 23.3 Å². The maximum Gasteiger partial charge on any atom is 0.303 e. The fourth-order valence-electron chi connectivity index (χ4n) is 2.59. The third-order valence-electron chi connectivity index (χ3n) is 3.30. The Kier molecular flexibility index (Phi) is 3.61. The lowest BCUT2D eigenvalue weighted by Gasteiger charge is -2.25. The zero-order chi connectivity index (χ0) is 11.5. The molecule has 88 valence electrons. The number of hydrogen-bond acceptors (Lipinski definition) is 3. The van der Waals surface area contributed by atoms with Crippen LogP contribution in [0.2, 0.25) is 0 Å². The molecule has 4 heteroatoms. The number of carboxylic acid groups (broad SMARTS) is 1. The molecule has 0 radical (unpaired) electrons. The largest absolute Gasteiger partial charge is 0.481 e. The monoisotopic (exact) mass is 239 g/mol. The van der Waals surface area contributed by atoms with E-state index in [1.54, 1.807) is 11.3 Å². The van der Waals surface area contributed by atoms with E-state index in [1.165, 1.54) is 4.88 Å². The minimum Gasteiger partial charge on any atom is -0.481 e. The van der Waals surface area contributed by atoms with E-state index >= 15 is 0 Å². The fourth-order valence-corrected chi connectivity index (χ4v) is 3.54. The zero-order valence-corrected chi connectivity index (χ0v) is 10.2. The molecule has 3 nitrogen and oxygen atoms in total. The number of likely N-dealkylation sites (tertiary alicyclic amines) is 1. The molecule has 0 saturated carbocycles. The maximum atomic E-state index is 10.9. The van der Waals surface area contributed by atoms with Crippen LogP contribution >= 0.6 is 11.3 Å². The van der Waals surface area contributed by atoms with E-state index < -0.39 is 5.97 Å². The second-order valence-corrected chi connectivity index (χ2v) is 5.21. The van der Waals surface area contributed by atoms with E-state index in [0.717, 1.165) is 19.5 Å². The van der Waals surface area contributed by atoms with Crippen LogP contribution in [-0.2, 0) is 4.79 Å². The number of thiophene rings is 1. The molecule has 0 unspecified atom stereocenters. The molecule has 1 aromatic heterocycles. The van der Waals surface area contributed by atoms with Crippen molar-refractivity contribution in [1.82, 2.24) is 4.90 Å². The van der Waals surface area contributed by atoms with Crippen LogP contribution in [0.25, 0.3) is 0 Å². The highest BCUT2D eigenvalue weighted by Gasteiger charge is 2.35. The summed E-state index contributed by atoms with van der Waals surface area (Å²) in [7, 11) is 0. The van der Waals surface area contributed by atoms with Gasteiger partial charge in [-0.3, -0.25) is 9.69 Å². The Balaban J connectivity index is 2.17. The molecule has 1 N–H and O–H groups in total. The molecule has 0 aliphatic carbocycles. The van der Waals surface area contributed by atoms with Crippen molar-refractivity contribution in [2.75, 3.05) is 13.1 Å². The lowest BCUT2D eigenvalue weighted by atomic mass is 9.95. The molecular weight excluding hydrogens is 222 g/mol. The van der Waals surface area contributed by atoms with Gasteiger partial charge < -0.3 is 5.11 Å². The molecule has 2 heterocycles. The Morgan fingerprint density at radius 3 is 3.06 bits per heavy atom. The first-order valence-electron chi connectivity index (χ1n) is 5.71. The van der Waals surface area contributed by atoms with Gasteiger partial charge in [0, 0.05) is 10.9 Å². The molecule has 1 aliphatic heterocycles. The van der Waals surface area contributed by atoms with Crippen molar-refractivity contribution in [3.8, 4) is 0 Å². The first kappa shape index (κ1) is 11.6. The van der Waals surface area contributed by atoms with Gasteiger partial charge in [0.2, 0.25) is 0 Å². The average molecular weight is 239 g/mol. The predicted octanol–water partition coefficient (Wildman–Crippen LogP) is 2.61. The van der Waals surface area contributed by atoms with E-state index in [-0.39, 0.29) is 5.92 Å². The van der Waals surface area contributed by atoms with Crippen molar-refractivity contribution in [3.05, 3.63) is 22.4 Å². The Hall–Kier alpha value is -0.870. The van der Waals surface area contributed by atoms with E-state index in [9.17, 15) is 4.79 Å². The van der Waals surface area contributed by atoms with Crippen LogP contribution in [0, 0.1) is 5.92 Å². The van der Waals surface area contributed by atoms with Crippen molar-refractivity contribution in [2.45, 2.75) is 25.8 Å². The van der Waals surface area contributed by atoms with Gasteiger partial charge >= 0.3 is 5.97 Å². The second-order valence-electron chi connectivity index (χ2n) is 4.24. The first-order chi connectivity index (χ1) is 7.72. The summed E-state index contributed by atoms with van der Waals surface area (Å²) in [4.78, 5) is 14.5. The van der Waals surface area contributed by atoms with Crippen LogP contribution in [0.15, 0.2) is 17.5 Å². The predicted molar refractivity (Wildman–Crippen MR) is 64.7 cm³/mol. The smallest absolute Gasteiger partial charge is 0.303 e. The van der Waals surface area contributed by atoms with Crippen LogP contribution in [0.1, 0.15) is 30.7 Å². The number of nitrogens with zero attached hydrogens (tertiary/aromatic N) is 1. The van der Waals surface area contributed by atoms with Gasteiger partial charge in [-0.15, -0.1) is 11.3 Å². The van der Waals surface area contributed by atoms with Gasteiger partial charge in [0.1, 0.15) is 0 Å². The normalized spacial score (nSPS) is 26.1. The molecule has 2 atom stereocenters. The standard InChI is InChI=1S/C12H17NO2S/c1-2-13-6-5-9(8-11(14)15)12(13)10-4-3-7-16-10/h3-4,7,9,12H,2,5-6,8H2,1H3,(H,14,15)/t9-,12+/m1/s1. The van der Waals surface area contributed by atoms with Gasteiger partial charge in [-0.25, -0.2) is 0 Å². The van der Waals surface area contributed by atoms with Crippen LogP contribution in [0.4, 0.5) is 0 Å². The van der Waals surface area contributed by atoms with Gasteiger partial charge in [-0.05, 0) is 36.9 Å². The van der Waals surface area contributed by atoms with E-state index in [4.69, 9.17) is 5.11 Å². The van der Waals surface area contributed by atoms with Gasteiger partial charge in [0.15, 0.2) is 0 Å². The Bertz CT molecular complexity index is 350. The van der Waals surface area contributed by atoms with Gasteiger partial charge in [0.05, 0.1) is 6.42 Å². The SMILES string of the molecule is CCN1CC[C@H](CC(=O)O)[C@H]1c1cccs1. The minimum atomic E-state index is -0.676. The number of carboxylic acids is 1. The highest BCUT2D eigenvalue weighted by Crippen LogP contribution is 2.40. The van der Waals surface area contributed by atoms with Crippen LogP contribution in [-0.4, -0.2) is 29.1 Å². The summed E-state index contributed by atoms with van der Waals surface area (Å²) < 4.78 is 0. The Morgan fingerprint density at radius 2 is 2.50 bits per heavy atom. The van der Waals surface area contributed by atoms with Gasteiger partial charge in [-0.1, -0.05) is 13.0 Å². The molecule has 1 fully saturated rings. The molecule has 0 amide bonds. The van der Waals surface area contributed by atoms with Crippen molar-refractivity contribution in [1.29, 1.82) is 0 Å². The van der Waals surface area contributed by atoms with Crippen molar-refractivity contribution in [2.24, 2.45) is 5.92 Å². The molecule has 1 saturated heterocycles. The van der Waals surface area contributed by atoms with Gasteiger partial charge in [0.25, 0.3) is 0 Å². The summed E-state index contributed by atoms with van der Waals surface area (Å²) in [6, 6.07) is 4.49. The zero-order valence-electron chi connectivity index (χ0n) is 9.43. The fraction of sp³-hybridized carbons (Fsp3) is 0.583. The van der Waals surface area contributed by atoms with E-state index in [1.807, 2.05) is 6.07 Å². The van der Waals surface area contributed by atoms with E-state index in [0.29, 0.717) is 12.5 Å². The van der Waals surface area contributed by atoms with Gasteiger partial charge in [-0.2, -0.15) is 0 Å². The molecule has 2 rings (SSSR count). The molecule has 16 heavy (non-hydrogen) atoms. The van der Waals surface area contributed by atoms with Crippen molar-refractivity contribution >= 4 is 17.3 Å². The number of hydrogen-bond donors (Lipinski definition) is 1. The maximum absolute atomic E-state index is 10.9. The van der Waals surface area contributed by atoms with Crippen LogP contribution < -0.4 is 0 Å². The summed E-state index contributed by atoms with van der Waals surface area (Å²) >= 11 is 1.74. The lowest BCUT2D eigenvalue weighted by Crippen LogP contribution is -2.25. The summed E-state index contributed by atoms with van der Waals surface area (Å²) in [6.45, 7) is 4.17. The third kappa shape index (κ3) is 2.28. The molecule has 1 aliphatic rings. The second kappa shape index (κ2) is 4.97. The molecular formula is C12H17NO2S. The number of carbonyl (C=O) groups is 1. The lowest BCUT2D eigenvalue weighted by molar-refractivity contribution is -0.138. The highest BCUT2D eigenvalue weighted by molar-refractivity contribution is 7.10. The number of rotatable bonds is 4.